The number of hydrogen-bond acceptors (Lipinski definition) is 1. The zero-order valence-corrected chi connectivity index (χ0v) is 8.70. The maximum atomic E-state index is 9.37. The van der Waals surface area contributed by atoms with Crippen molar-refractivity contribution in [1.82, 2.24) is 0 Å². The van der Waals surface area contributed by atoms with Crippen LogP contribution in [0.5, 0.6) is 0 Å². The van der Waals surface area contributed by atoms with E-state index in [1.807, 2.05) is 6.92 Å². The lowest BCUT2D eigenvalue weighted by Crippen LogP contribution is -2.03. The lowest BCUT2D eigenvalue weighted by atomic mass is 9.95. The van der Waals surface area contributed by atoms with Gasteiger partial charge in [-0.15, -0.1) is 0 Å². The van der Waals surface area contributed by atoms with E-state index in [-0.39, 0.29) is 6.10 Å². The van der Waals surface area contributed by atoms with Crippen LogP contribution in [0.2, 0.25) is 0 Å². The van der Waals surface area contributed by atoms with E-state index in [9.17, 15) is 5.11 Å². The summed E-state index contributed by atoms with van der Waals surface area (Å²) in [5, 5.41) is 9.37. The summed E-state index contributed by atoms with van der Waals surface area (Å²) in [4.78, 5) is 0. The van der Waals surface area contributed by atoms with Crippen molar-refractivity contribution in [3.63, 3.8) is 0 Å². The highest BCUT2D eigenvalue weighted by molar-refractivity contribution is 5.66. The smallest absolute Gasteiger partial charge is 0.0549 e. The highest BCUT2D eigenvalue weighted by Gasteiger charge is 2.21. The van der Waals surface area contributed by atoms with Gasteiger partial charge in [0.15, 0.2) is 0 Å². The summed E-state index contributed by atoms with van der Waals surface area (Å²) in [7, 11) is 0. The second-order valence-corrected chi connectivity index (χ2v) is 4.12. The molecule has 1 nitrogen and oxygen atoms in total. The van der Waals surface area contributed by atoms with Crippen molar-refractivity contribution in [3.8, 4) is 0 Å². The molecule has 0 amide bonds. The Balaban J connectivity index is 2.28. The third-order valence-electron chi connectivity index (χ3n) is 2.89. The minimum absolute atomic E-state index is 0.238. The Morgan fingerprint density at radius 1 is 1.36 bits per heavy atom. The number of fused-ring (bicyclic) bond motifs is 1. The zero-order valence-electron chi connectivity index (χ0n) is 8.70. The van der Waals surface area contributed by atoms with Gasteiger partial charge in [-0.05, 0) is 24.5 Å². The van der Waals surface area contributed by atoms with Gasteiger partial charge in [-0.25, -0.2) is 0 Å². The Hall–Kier alpha value is -1.08. The molecule has 0 saturated carbocycles. The molecule has 0 saturated heterocycles. The normalized spacial score (nSPS) is 21.6. The molecule has 1 aromatic carbocycles. The molecule has 14 heavy (non-hydrogen) atoms. The summed E-state index contributed by atoms with van der Waals surface area (Å²) in [5.74, 6) is 0.473. The number of hydrogen-bond donors (Lipinski definition) is 1. The lowest BCUT2D eigenvalue weighted by molar-refractivity contribution is 0.194. The van der Waals surface area contributed by atoms with Crippen LogP contribution in [0.15, 0.2) is 29.8 Å². The van der Waals surface area contributed by atoms with Crippen molar-refractivity contribution in [1.29, 1.82) is 0 Å². The van der Waals surface area contributed by atoms with Crippen LogP contribution in [0.4, 0.5) is 0 Å². The highest BCUT2D eigenvalue weighted by atomic mass is 16.3. The standard InChI is InChI=1S/C13H16O/c1-9(14)7-12-8-11-5-3-4-6-13(11)10(12)2/h3-6,8-10,14H,7H2,1-2H3. The lowest BCUT2D eigenvalue weighted by Gasteiger charge is -2.12. The van der Waals surface area contributed by atoms with Gasteiger partial charge in [0.25, 0.3) is 0 Å². The average Bonchev–Trinajstić information content (AvgIpc) is 2.44. The first-order valence-electron chi connectivity index (χ1n) is 5.16. The fraction of sp³-hybridized carbons (Fsp3) is 0.385. The SMILES string of the molecule is CC(O)CC1=Cc2ccccc2C1C. The van der Waals surface area contributed by atoms with Gasteiger partial charge in [0, 0.05) is 5.92 Å². The fourth-order valence-electron chi connectivity index (χ4n) is 2.14. The molecule has 1 heteroatoms. The Morgan fingerprint density at radius 2 is 2.07 bits per heavy atom. The number of rotatable bonds is 2. The topological polar surface area (TPSA) is 20.2 Å². The van der Waals surface area contributed by atoms with Gasteiger partial charge in [0.05, 0.1) is 6.10 Å². The summed E-state index contributed by atoms with van der Waals surface area (Å²) in [5.41, 5.74) is 4.06. The van der Waals surface area contributed by atoms with E-state index in [0.29, 0.717) is 5.92 Å². The molecular weight excluding hydrogens is 172 g/mol. The van der Waals surface area contributed by atoms with Crippen LogP contribution < -0.4 is 0 Å². The molecule has 0 heterocycles. The van der Waals surface area contributed by atoms with E-state index < -0.39 is 0 Å². The third kappa shape index (κ3) is 1.60. The molecule has 0 aromatic heterocycles. The van der Waals surface area contributed by atoms with Crippen LogP contribution in [-0.2, 0) is 0 Å². The summed E-state index contributed by atoms with van der Waals surface area (Å²) in [6.07, 6.45) is 2.76. The Morgan fingerprint density at radius 3 is 2.71 bits per heavy atom. The minimum Gasteiger partial charge on any atom is -0.393 e. The second-order valence-electron chi connectivity index (χ2n) is 4.12. The molecule has 1 aliphatic carbocycles. The van der Waals surface area contributed by atoms with E-state index in [1.165, 1.54) is 16.7 Å². The first-order chi connectivity index (χ1) is 6.68. The van der Waals surface area contributed by atoms with Crippen molar-refractivity contribution in [2.75, 3.05) is 0 Å². The molecular formula is C13H16O. The maximum absolute atomic E-state index is 9.37. The van der Waals surface area contributed by atoms with Crippen LogP contribution in [0.25, 0.3) is 6.08 Å². The van der Waals surface area contributed by atoms with Gasteiger partial charge in [-0.3, -0.25) is 0 Å². The van der Waals surface area contributed by atoms with Gasteiger partial charge >= 0.3 is 0 Å². The molecule has 2 unspecified atom stereocenters. The van der Waals surface area contributed by atoms with Gasteiger partial charge in [-0.2, -0.15) is 0 Å². The molecule has 0 aliphatic heterocycles. The predicted molar refractivity (Wildman–Crippen MR) is 59.1 cm³/mol. The summed E-state index contributed by atoms with van der Waals surface area (Å²) in [6, 6.07) is 8.45. The molecule has 1 aromatic rings. The summed E-state index contributed by atoms with van der Waals surface area (Å²) in [6.45, 7) is 4.05. The molecule has 2 atom stereocenters. The van der Waals surface area contributed by atoms with Crippen molar-refractivity contribution in [3.05, 3.63) is 41.0 Å². The zero-order chi connectivity index (χ0) is 10.1. The summed E-state index contributed by atoms with van der Waals surface area (Å²) < 4.78 is 0. The molecule has 1 aliphatic rings. The molecule has 0 fully saturated rings. The first-order valence-corrected chi connectivity index (χ1v) is 5.16. The van der Waals surface area contributed by atoms with E-state index in [0.717, 1.165) is 6.42 Å². The van der Waals surface area contributed by atoms with E-state index in [1.54, 1.807) is 0 Å². The van der Waals surface area contributed by atoms with Crippen LogP contribution >= 0.6 is 0 Å². The molecule has 0 radical (unpaired) electrons. The first kappa shape index (κ1) is 9.47. The Kier molecular flexibility index (Phi) is 2.42. The highest BCUT2D eigenvalue weighted by Crippen LogP contribution is 2.37. The largest absolute Gasteiger partial charge is 0.393 e. The molecule has 1 N–H and O–H groups in total. The quantitative estimate of drug-likeness (QED) is 0.756. The number of benzene rings is 1. The van der Waals surface area contributed by atoms with Crippen molar-refractivity contribution in [2.45, 2.75) is 32.3 Å². The molecule has 74 valence electrons. The van der Waals surface area contributed by atoms with Crippen molar-refractivity contribution >= 4 is 6.08 Å². The van der Waals surface area contributed by atoms with Gasteiger partial charge in [0.1, 0.15) is 0 Å². The van der Waals surface area contributed by atoms with Crippen molar-refractivity contribution < 1.29 is 5.11 Å². The van der Waals surface area contributed by atoms with Crippen LogP contribution in [0.3, 0.4) is 0 Å². The van der Waals surface area contributed by atoms with Crippen LogP contribution in [0, 0.1) is 0 Å². The maximum Gasteiger partial charge on any atom is 0.0549 e. The van der Waals surface area contributed by atoms with E-state index in [2.05, 4.69) is 37.3 Å². The van der Waals surface area contributed by atoms with Crippen LogP contribution in [0.1, 0.15) is 37.3 Å². The third-order valence-corrected chi connectivity index (χ3v) is 2.89. The molecule has 2 rings (SSSR count). The van der Waals surface area contributed by atoms with Crippen molar-refractivity contribution in [2.24, 2.45) is 0 Å². The van der Waals surface area contributed by atoms with E-state index in [4.69, 9.17) is 0 Å². The fourth-order valence-corrected chi connectivity index (χ4v) is 2.14. The van der Waals surface area contributed by atoms with Gasteiger partial charge < -0.3 is 5.11 Å². The predicted octanol–water partition coefficient (Wildman–Crippen LogP) is 2.96. The monoisotopic (exact) mass is 188 g/mol. The Labute approximate surface area is 85.1 Å². The summed E-state index contributed by atoms with van der Waals surface area (Å²) >= 11 is 0. The van der Waals surface area contributed by atoms with Crippen LogP contribution in [-0.4, -0.2) is 11.2 Å². The Bertz CT molecular complexity index is 363. The number of aliphatic hydroxyl groups is 1. The molecule has 0 spiro atoms. The molecule has 0 bridgehead atoms. The number of aliphatic hydroxyl groups excluding tert-OH is 1. The minimum atomic E-state index is -0.238. The average molecular weight is 188 g/mol. The van der Waals surface area contributed by atoms with Gasteiger partial charge in [0.2, 0.25) is 0 Å². The second kappa shape index (κ2) is 3.58. The van der Waals surface area contributed by atoms with E-state index >= 15 is 0 Å². The van der Waals surface area contributed by atoms with Gasteiger partial charge in [-0.1, -0.05) is 42.8 Å².